The molecule has 3 fully saturated rings. The van der Waals surface area contributed by atoms with E-state index in [2.05, 4.69) is 34.6 Å². The number of hydrogen-bond acceptors (Lipinski definition) is 4. The molecule has 3 aliphatic carbocycles. The summed E-state index contributed by atoms with van der Waals surface area (Å²) >= 11 is 0. The van der Waals surface area contributed by atoms with E-state index in [0.29, 0.717) is 12.1 Å². The number of para-hydroxylation sites is 1. The fourth-order valence-electron chi connectivity index (χ4n) is 6.89. The van der Waals surface area contributed by atoms with Crippen LogP contribution >= 0.6 is 0 Å². The third-order valence-electron chi connectivity index (χ3n) is 8.71. The Balaban J connectivity index is 1.23. The Hall–Kier alpha value is -3.02. The van der Waals surface area contributed by atoms with E-state index in [1.165, 1.54) is 11.1 Å². The van der Waals surface area contributed by atoms with Crippen LogP contribution in [0.2, 0.25) is 0 Å². The van der Waals surface area contributed by atoms with Gasteiger partial charge >= 0.3 is 0 Å². The summed E-state index contributed by atoms with van der Waals surface area (Å²) in [6.45, 7) is 3.68. The quantitative estimate of drug-likeness (QED) is 0.734. The second-order valence-corrected chi connectivity index (χ2v) is 10.6. The molecule has 3 unspecified atom stereocenters. The third-order valence-corrected chi connectivity index (χ3v) is 8.71. The Morgan fingerprint density at radius 1 is 1.15 bits per heavy atom. The molecule has 2 heterocycles. The molecule has 3 saturated carbocycles. The van der Waals surface area contributed by atoms with Crippen molar-refractivity contribution < 1.29 is 14.3 Å². The molecule has 2 aliphatic heterocycles. The minimum Gasteiger partial charge on any atom is -0.497 e. The van der Waals surface area contributed by atoms with Crippen LogP contribution in [-0.2, 0) is 17.8 Å². The lowest BCUT2D eigenvalue weighted by molar-refractivity contribution is -0.151. The summed E-state index contributed by atoms with van der Waals surface area (Å²) in [7, 11) is 1.69. The van der Waals surface area contributed by atoms with Gasteiger partial charge in [-0.15, -0.1) is 0 Å². The number of nitrogens with one attached hydrogen (secondary N) is 2. The topological polar surface area (TPSA) is 70.7 Å². The average molecular weight is 446 g/mol. The number of carbonyl (C=O) groups excluding carboxylic acids is 2. The highest BCUT2D eigenvalue weighted by molar-refractivity contribution is 6.02. The van der Waals surface area contributed by atoms with Gasteiger partial charge in [-0.25, -0.2) is 0 Å². The van der Waals surface area contributed by atoms with Crippen molar-refractivity contribution in [1.29, 1.82) is 0 Å². The summed E-state index contributed by atoms with van der Waals surface area (Å²) in [5, 5.41) is 7.01. The first-order valence-electron chi connectivity index (χ1n) is 12.1. The van der Waals surface area contributed by atoms with E-state index in [1.54, 1.807) is 7.11 Å². The van der Waals surface area contributed by atoms with Crippen LogP contribution in [0, 0.1) is 17.3 Å². The first-order chi connectivity index (χ1) is 15.9. The van der Waals surface area contributed by atoms with Crippen molar-refractivity contribution in [2.45, 2.75) is 51.2 Å². The van der Waals surface area contributed by atoms with E-state index in [-0.39, 0.29) is 29.1 Å². The monoisotopic (exact) mass is 445 g/mol. The van der Waals surface area contributed by atoms with Gasteiger partial charge in [-0.1, -0.05) is 25.1 Å². The fraction of sp³-hybridized carbons (Fsp3) is 0.481. The molecule has 5 aliphatic rings. The number of amides is 2. The third kappa shape index (κ3) is 3.14. The SMILES string of the molecule is COc1ccc2c(c1)CCN(C(=O)C1CC3CCC1(C)C[C@]31NC(=O)c3ccccc3N1)C2. The molecule has 6 heteroatoms. The highest BCUT2D eigenvalue weighted by Crippen LogP contribution is 2.59. The summed E-state index contributed by atoms with van der Waals surface area (Å²) < 4.78 is 5.36. The minimum atomic E-state index is -0.458. The highest BCUT2D eigenvalue weighted by Gasteiger charge is 2.60. The highest BCUT2D eigenvalue weighted by atomic mass is 16.5. The molecule has 0 saturated heterocycles. The summed E-state index contributed by atoms with van der Waals surface area (Å²) in [6.07, 6.45) is 4.51. The van der Waals surface area contributed by atoms with Crippen LogP contribution in [0.15, 0.2) is 42.5 Å². The van der Waals surface area contributed by atoms with E-state index in [1.807, 2.05) is 30.3 Å². The molecule has 2 aromatic rings. The number of nitrogens with zero attached hydrogens (tertiary/aromatic N) is 1. The molecule has 2 bridgehead atoms. The maximum atomic E-state index is 13.8. The standard InChI is InChI=1S/C27H31N3O3/c1-26-11-9-19(27(16-26)28-23-6-4-3-5-21(23)24(31)29-27)14-22(26)25(32)30-12-10-17-13-20(33-2)8-7-18(17)15-30/h3-8,13,19,22,28H,9-12,14-16H2,1-2H3,(H,29,31)/t19?,22?,26?,27-/m0/s1. The van der Waals surface area contributed by atoms with Gasteiger partial charge in [-0.05, 0) is 72.9 Å². The van der Waals surface area contributed by atoms with E-state index in [0.717, 1.165) is 50.1 Å². The van der Waals surface area contributed by atoms with Crippen molar-refractivity contribution in [1.82, 2.24) is 10.2 Å². The van der Waals surface area contributed by atoms with Crippen LogP contribution in [0.1, 0.15) is 54.1 Å². The van der Waals surface area contributed by atoms with Crippen LogP contribution in [0.25, 0.3) is 0 Å². The number of rotatable bonds is 2. The van der Waals surface area contributed by atoms with E-state index in [9.17, 15) is 9.59 Å². The normalized spacial score (nSPS) is 31.9. The van der Waals surface area contributed by atoms with Crippen LogP contribution in [0.5, 0.6) is 5.75 Å². The Morgan fingerprint density at radius 2 is 2.00 bits per heavy atom. The molecule has 1 spiro atoms. The zero-order valence-electron chi connectivity index (χ0n) is 19.3. The molecule has 2 N–H and O–H groups in total. The van der Waals surface area contributed by atoms with Gasteiger partial charge in [0.15, 0.2) is 0 Å². The Labute approximate surface area is 194 Å². The number of fused-ring (bicyclic) bond motifs is 4. The second kappa shape index (κ2) is 7.24. The predicted octanol–water partition coefficient (Wildman–Crippen LogP) is 3.96. The van der Waals surface area contributed by atoms with Gasteiger partial charge in [-0.3, -0.25) is 9.59 Å². The average Bonchev–Trinajstić information content (AvgIpc) is 2.82. The summed E-state index contributed by atoms with van der Waals surface area (Å²) in [4.78, 5) is 28.8. The van der Waals surface area contributed by atoms with Crippen molar-refractivity contribution in [2.75, 3.05) is 19.0 Å². The lowest BCUT2D eigenvalue weighted by atomic mass is 9.51. The number of hydrogen-bond donors (Lipinski definition) is 2. The molecule has 7 rings (SSSR count). The molecule has 4 atom stereocenters. The van der Waals surface area contributed by atoms with Crippen molar-refractivity contribution in [3.63, 3.8) is 0 Å². The van der Waals surface area contributed by atoms with Gasteiger partial charge in [-0.2, -0.15) is 0 Å². The zero-order valence-corrected chi connectivity index (χ0v) is 19.3. The van der Waals surface area contributed by atoms with Gasteiger partial charge in [0.1, 0.15) is 11.4 Å². The van der Waals surface area contributed by atoms with E-state index >= 15 is 0 Å². The lowest BCUT2D eigenvalue weighted by Gasteiger charge is -2.61. The Kier molecular flexibility index (Phi) is 4.51. The predicted molar refractivity (Wildman–Crippen MR) is 126 cm³/mol. The minimum absolute atomic E-state index is 0.00227. The van der Waals surface area contributed by atoms with Gasteiger partial charge in [0, 0.05) is 30.6 Å². The number of anilines is 1. The smallest absolute Gasteiger partial charge is 0.255 e. The molecular formula is C27H31N3O3. The van der Waals surface area contributed by atoms with Gasteiger partial charge in [0.25, 0.3) is 5.91 Å². The van der Waals surface area contributed by atoms with Crippen LogP contribution in [-0.4, -0.2) is 36.0 Å². The second-order valence-electron chi connectivity index (χ2n) is 10.6. The lowest BCUT2D eigenvalue weighted by Crippen LogP contribution is -2.70. The van der Waals surface area contributed by atoms with Gasteiger partial charge < -0.3 is 20.3 Å². The summed E-state index contributed by atoms with van der Waals surface area (Å²) in [5.74, 6) is 1.39. The van der Waals surface area contributed by atoms with E-state index < -0.39 is 5.66 Å². The molecule has 6 nitrogen and oxygen atoms in total. The maximum absolute atomic E-state index is 13.8. The van der Waals surface area contributed by atoms with Gasteiger partial charge in [0.05, 0.1) is 12.7 Å². The van der Waals surface area contributed by atoms with Crippen molar-refractivity contribution >= 4 is 17.5 Å². The molecule has 0 aromatic heterocycles. The number of benzene rings is 2. The van der Waals surface area contributed by atoms with E-state index in [4.69, 9.17) is 4.74 Å². The molecule has 2 amide bonds. The van der Waals surface area contributed by atoms with Crippen molar-refractivity contribution in [3.8, 4) is 5.75 Å². The Bertz CT molecular complexity index is 1150. The molecule has 0 radical (unpaired) electrons. The summed E-state index contributed by atoms with van der Waals surface area (Å²) in [6, 6.07) is 13.9. The van der Waals surface area contributed by atoms with Crippen LogP contribution < -0.4 is 15.4 Å². The van der Waals surface area contributed by atoms with Crippen molar-refractivity contribution in [3.05, 3.63) is 59.2 Å². The first-order valence-corrected chi connectivity index (χ1v) is 12.1. The van der Waals surface area contributed by atoms with Crippen molar-refractivity contribution in [2.24, 2.45) is 17.3 Å². The largest absolute Gasteiger partial charge is 0.497 e. The molecular weight excluding hydrogens is 414 g/mol. The molecule has 33 heavy (non-hydrogen) atoms. The summed E-state index contributed by atoms with van der Waals surface area (Å²) in [5.41, 5.74) is 3.50. The maximum Gasteiger partial charge on any atom is 0.255 e. The Morgan fingerprint density at radius 3 is 2.82 bits per heavy atom. The number of methoxy groups -OCH3 is 1. The van der Waals surface area contributed by atoms with Crippen LogP contribution in [0.4, 0.5) is 5.69 Å². The fourth-order valence-corrected chi connectivity index (χ4v) is 6.89. The number of ether oxygens (including phenoxy) is 1. The molecule has 2 aromatic carbocycles. The molecule has 172 valence electrons. The zero-order chi connectivity index (χ0) is 22.8. The van der Waals surface area contributed by atoms with Crippen LogP contribution in [0.3, 0.4) is 0 Å². The van der Waals surface area contributed by atoms with Gasteiger partial charge in [0.2, 0.25) is 5.91 Å². The number of carbonyl (C=O) groups is 2. The first kappa shape index (κ1) is 20.6.